The second-order valence-corrected chi connectivity index (χ2v) is 4.55. The maximum absolute atomic E-state index is 10.6. The average molecular weight is 234 g/mol. The number of carboxylic acid groups (broad SMARTS) is 1. The van der Waals surface area contributed by atoms with E-state index >= 15 is 0 Å². The Kier molecular flexibility index (Phi) is 3.64. The molecule has 17 heavy (non-hydrogen) atoms. The van der Waals surface area contributed by atoms with Gasteiger partial charge in [0.25, 0.3) is 0 Å². The molecule has 4 nitrogen and oxygen atoms in total. The van der Waals surface area contributed by atoms with Gasteiger partial charge in [-0.25, -0.2) is 4.79 Å². The van der Waals surface area contributed by atoms with Gasteiger partial charge in [0.1, 0.15) is 0 Å². The maximum Gasteiger partial charge on any atom is 0.409 e. The highest BCUT2D eigenvalue weighted by molar-refractivity contribution is 5.82. The van der Waals surface area contributed by atoms with Gasteiger partial charge in [-0.1, -0.05) is 18.6 Å². The fourth-order valence-electron chi connectivity index (χ4n) is 2.44. The normalized spacial score (nSPS) is 21.1. The summed E-state index contributed by atoms with van der Waals surface area (Å²) in [4.78, 5) is 12.9. The van der Waals surface area contributed by atoms with Crippen LogP contribution in [0.5, 0.6) is 0 Å². The molecule has 1 amide bonds. The summed E-state index contributed by atoms with van der Waals surface area (Å²) in [5.74, 6) is 0. The van der Waals surface area contributed by atoms with E-state index in [0.29, 0.717) is 11.7 Å². The van der Waals surface area contributed by atoms with E-state index in [0.717, 1.165) is 13.0 Å². The Balaban J connectivity index is 2.17. The van der Waals surface area contributed by atoms with Crippen molar-refractivity contribution in [3.63, 3.8) is 0 Å². The Labute approximate surface area is 101 Å². The molecule has 1 aromatic carbocycles. The molecule has 1 aliphatic heterocycles. The minimum atomic E-state index is -1.01. The predicted molar refractivity (Wildman–Crippen MR) is 67.3 cm³/mol. The molecule has 0 spiro atoms. The third-order valence-electron chi connectivity index (χ3n) is 3.29. The summed E-state index contributed by atoms with van der Waals surface area (Å²) < 4.78 is 0. The monoisotopic (exact) mass is 234 g/mol. The van der Waals surface area contributed by atoms with Crippen molar-refractivity contribution >= 4 is 11.8 Å². The van der Waals surface area contributed by atoms with Crippen molar-refractivity contribution in [2.45, 2.75) is 25.3 Å². The van der Waals surface area contributed by atoms with Gasteiger partial charge in [-0.05, 0) is 44.1 Å². The number of nitrogens with zero attached hydrogens (tertiary/aromatic N) is 1. The highest BCUT2D eigenvalue weighted by Gasteiger charge is 2.20. The topological polar surface area (TPSA) is 52.6 Å². The zero-order valence-electron chi connectivity index (χ0n) is 10.0. The second kappa shape index (κ2) is 5.19. The summed E-state index contributed by atoms with van der Waals surface area (Å²) in [6.45, 7) is 1.11. The van der Waals surface area contributed by atoms with E-state index in [-0.39, 0.29) is 0 Å². The average Bonchev–Trinajstić information content (AvgIpc) is 2.29. The number of carbonyl (C=O) groups is 1. The first-order valence-electron chi connectivity index (χ1n) is 5.97. The van der Waals surface area contributed by atoms with Crippen molar-refractivity contribution in [3.05, 3.63) is 29.8 Å². The van der Waals surface area contributed by atoms with Gasteiger partial charge < -0.3 is 5.11 Å². The number of nitrogens with one attached hydrogen (secondary N) is 1. The number of rotatable bonds is 2. The first kappa shape index (κ1) is 11.9. The number of hydrogen-bond donors (Lipinski definition) is 2. The zero-order chi connectivity index (χ0) is 12.3. The molecule has 0 aliphatic carbocycles. The lowest BCUT2D eigenvalue weighted by atomic mass is 9.95. The van der Waals surface area contributed by atoms with Crippen molar-refractivity contribution in [3.8, 4) is 0 Å². The van der Waals surface area contributed by atoms with Crippen LogP contribution in [0.1, 0.15) is 30.9 Å². The zero-order valence-corrected chi connectivity index (χ0v) is 10.0. The number of likely N-dealkylation sites (tertiary alicyclic amines) is 1. The molecule has 4 heteroatoms. The van der Waals surface area contributed by atoms with Gasteiger partial charge in [-0.15, -0.1) is 0 Å². The quantitative estimate of drug-likeness (QED) is 0.827. The summed E-state index contributed by atoms with van der Waals surface area (Å²) in [7, 11) is 2.13. The summed E-state index contributed by atoms with van der Waals surface area (Å²) in [5, 5.41) is 11.1. The molecule has 2 rings (SSSR count). The fraction of sp³-hybridized carbons (Fsp3) is 0.462. The molecule has 0 saturated carbocycles. The molecule has 1 aliphatic rings. The first-order valence-corrected chi connectivity index (χ1v) is 5.97. The van der Waals surface area contributed by atoms with Gasteiger partial charge >= 0.3 is 6.09 Å². The number of piperidine rings is 1. The molecule has 1 saturated heterocycles. The third-order valence-corrected chi connectivity index (χ3v) is 3.29. The molecule has 0 aromatic heterocycles. The first-order chi connectivity index (χ1) is 8.16. The van der Waals surface area contributed by atoms with Crippen LogP contribution in [0, 0.1) is 0 Å². The highest BCUT2D eigenvalue weighted by Crippen LogP contribution is 2.30. The van der Waals surface area contributed by atoms with E-state index in [2.05, 4.69) is 23.3 Å². The number of benzene rings is 1. The minimum absolute atomic E-state index is 0.416. The lowest BCUT2D eigenvalue weighted by molar-refractivity contribution is 0.187. The van der Waals surface area contributed by atoms with Crippen LogP contribution >= 0.6 is 0 Å². The molecule has 1 unspecified atom stereocenters. The second-order valence-electron chi connectivity index (χ2n) is 4.55. The molecular weight excluding hydrogens is 216 g/mol. The van der Waals surface area contributed by atoms with Crippen LogP contribution in [-0.2, 0) is 0 Å². The Bertz CT molecular complexity index is 406. The molecular formula is C13H18N2O2. The molecule has 1 aromatic rings. The SMILES string of the molecule is CN1CCCCC1c1cccc(NC(=O)O)c1. The van der Waals surface area contributed by atoms with E-state index in [4.69, 9.17) is 5.11 Å². The predicted octanol–water partition coefficient (Wildman–Crippen LogP) is 2.93. The number of anilines is 1. The molecule has 0 bridgehead atoms. The molecule has 2 N–H and O–H groups in total. The van der Waals surface area contributed by atoms with Gasteiger partial charge in [-0.2, -0.15) is 0 Å². The van der Waals surface area contributed by atoms with Crippen molar-refractivity contribution in [1.82, 2.24) is 4.90 Å². The van der Waals surface area contributed by atoms with Crippen molar-refractivity contribution < 1.29 is 9.90 Å². The fourth-order valence-corrected chi connectivity index (χ4v) is 2.44. The highest BCUT2D eigenvalue weighted by atomic mass is 16.4. The van der Waals surface area contributed by atoms with Crippen molar-refractivity contribution in [2.24, 2.45) is 0 Å². The van der Waals surface area contributed by atoms with Crippen LogP contribution in [-0.4, -0.2) is 29.7 Å². The van der Waals surface area contributed by atoms with E-state index in [1.54, 1.807) is 6.07 Å². The summed E-state index contributed by atoms with van der Waals surface area (Å²) in [5.41, 5.74) is 1.84. The summed E-state index contributed by atoms with van der Waals surface area (Å²) in [6, 6.07) is 8.10. The Morgan fingerprint density at radius 2 is 2.29 bits per heavy atom. The van der Waals surface area contributed by atoms with Crippen LogP contribution in [0.15, 0.2) is 24.3 Å². The summed E-state index contributed by atoms with van der Waals surface area (Å²) in [6.07, 6.45) is 2.62. The van der Waals surface area contributed by atoms with Gasteiger partial charge in [-0.3, -0.25) is 10.2 Å². The Morgan fingerprint density at radius 1 is 1.47 bits per heavy atom. The lowest BCUT2D eigenvalue weighted by Gasteiger charge is -2.32. The van der Waals surface area contributed by atoms with E-state index in [1.807, 2.05) is 12.1 Å². The van der Waals surface area contributed by atoms with Gasteiger partial charge in [0.15, 0.2) is 0 Å². The smallest absolute Gasteiger partial charge is 0.409 e. The van der Waals surface area contributed by atoms with Crippen LogP contribution in [0.2, 0.25) is 0 Å². The molecule has 92 valence electrons. The van der Waals surface area contributed by atoms with Crippen molar-refractivity contribution in [1.29, 1.82) is 0 Å². The molecule has 0 radical (unpaired) electrons. The molecule has 1 heterocycles. The molecule has 1 fully saturated rings. The third kappa shape index (κ3) is 2.97. The lowest BCUT2D eigenvalue weighted by Crippen LogP contribution is -2.29. The Hall–Kier alpha value is -1.55. The van der Waals surface area contributed by atoms with E-state index < -0.39 is 6.09 Å². The largest absolute Gasteiger partial charge is 0.465 e. The number of amides is 1. The van der Waals surface area contributed by atoms with Crippen LogP contribution in [0.3, 0.4) is 0 Å². The molecule has 1 atom stereocenters. The van der Waals surface area contributed by atoms with E-state index in [1.165, 1.54) is 18.4 Å². The van der Waals surface area contributed by atoms with Gasteiger partial charge in [0, 0.05) is 11.7 Å². The van der Waals surface area contributed by atoms with Crippen molar-refractivity contribution in [2.75, 3.05) is 18.9 Å². The maximum atomic E-state index is 10.6. The van der Waals surface area contributed by atoms with Crippen LogP contribution in [0.4, 0.5) is 10.5 Å². The van der Waals surface area contributed by atoms with Crippen LogP contribution in [0.25, 0.3) is 0 Å². The van der Waals surface area contributed by atoms with E-state index in [9.17, 15) is 4.79 Å². The van der Waals surface area contributed by atoms with Gasteiger partial charge in [0.2, 0.25) is 0 Å². The number of hydrogen-bond acceptors (Lipinski definition) is 2. The Morgan fingerprint density at radius 3 is 3.00 bits per heavy atom. The minimum Gasteiger partial charge on any atom is -0.465 e. The van der Waals surface area contributed by atoms with Gasteiger partial charge in [0.05, 0.1) is 0 Å². The standard InChI is InChI=1S/C13H18N2O2/c1-15-8-3-2-7-12(15)10-5-4-6-11(9-10)14-13(16)17/h4-6,9,12,14H,2-3,7-8H2,1H3,(H,16,17). The van der Waals surface area contributed by atoms with Crippen LogP contribution < -0.4 is 5.32 Å². The summed E-state index contributed by atoms with van der Waals surface area (Å²) >= 11 is 0.